The van der Waals surface area contributed by atoms with Gasteiger partial charge in [-0.3, -0.25) is 0 Å². The molecule has 0 radical (unpaired) electrons. The zero-order valence-corrected chi connectivity index (χ0v) is 43.4. The van der Waals surface area contributed by atoms with Crippen molar-refractivity contribution in [2.24, 2.45) is 0 Å². The maximum Gasteiger partial charge on any atom is 0.187 e. The van der Waals surface area contributed by atoms with Gasteiger partial charge >= 0.3 is 0 Å². The number of rotatable bonds is 19. The van der Waals surface area contributed by atoms with Crippen molar-refractivity contribution in [2.75, 3.05) is 52.9 Å². The Morgan fingerprint density at radius 3 is 1.01 bits per heavy atom. The van der Waals surface area contributed by atoms with E-state index in [9.17, 15) is 117 Å². The Labute approximate surface area is 468 Å². The number of hydrogen-bond donors (Lipinski definition) is 23. The summed E-state index contributed by atoms with van der Waals surface area (Å²) < 4.78 is 84.8. The lowest BCUT2D eigenvalue weighted by Gasteiger charge is -2.49. The first-order valence-corrected chi connectivity index (χ1v) is 26.4. The maximum atomic E-state index is 11.9. The number of ether oxygens (including phenoxy) is 15. The Balaban J connectivity index is 1.05. The van der Waals surface area contributed by atoms with Crippen LogP contribution in [0.25, 0.3) is 0 Å². The molecule has 37 atom stereocenters. The SMILES string of the molecule is OC[C@H]1O[C@@H](O[C@H]2[C@@H](OC[C@H]3O[C@@H](O[C@H]4[C@H](O)[C@@H](O)[C@@H](O)O[C@@H]4CO)[C@H](O)[C@@H](O)[C@@H]3O[C@@H]3O[C@H](CO[C@H]4OC[C@@H](O)[C@H](O)[C@H]4O)[C@@H](O[C@@H]4O[C@H](CO[C@H]5OC[C@@H](O)[C@H](O)[C@H]5O)[C@@H](O)[C@H](O)[C@H]4O)[C@H](O)[C@H]3O)OC[C@@H](O)[C@@H]2O)[C@H](O)[C@@H](O)[C@H]1O. The number of aliphatic hydroxyl groups excluding tert-OH is 23. The molecule has 0 bridgehead atoms. The summed E-state index contributed by atoms with van der Waals surface area (Å²) in [7, 11) is 0. The molecule has 8 rings (SSSR count). The Morgan fingerprint density at radius 2 is 0.566 bits per heavy atom. The molecule has 484 valence electrons. The van der Waals surface area contributed by atoms with Gasteiger partial charge in [-0.15, -0.1) is 0 Å². The molecular formula is C45H76O38. The summed E-state index contributed by atoms with van der Waals surface area (Å²) in [5.41, 5.74) is 0. The molecule has 8 heterocycles. The summed E-state index contributed by atoms with van der Waals surface area (Å²) in [6.07, 6.45) is -72.2. The molecule has 0 aromatic carbocycles. The summed E-state index contributed by atoms with van der Waals surface area (Å²) in [6.45, 7) is -6.35. The van der Waals surface area contributed by atoms with Gasteiger partial charge in [0.05, 0.1) is 52.9 Å². The van der Waals surface area contributed by atoms with Crippen LogP contribution in [0, 0.1) is 0 Å². The molecule has 0 saturated carbocycles. The first-order chi connectivity index (χ1) is 39.3. The number of aliphatic hydroxyl groups is 23. The van der Waals surface area contributed by atoms with Crippen molar-refractivity contribution in [3.63, 3.8) is 0 Å². The molecule has 0 spiro atoms. The lowest BCUT2D eigenvalue weighted by atomic mass is 9.95. The van der Waals surface area contributed by atoms with E-state index in [4.69, 9.17) is 71.1 Å². The molecule has 38 heteroatoms. The predicted molar refractivity (Wildman–Crippen MR) is 246 cm³/mol. The Bertz CT molecular complexity index is 1970. The largest absolute Gasteiger partial charge is 0.394 e. The first-order valence-electron chi connectivity index (χ1n) is 26.4. The monoisotopic (exact) mass is 1220 g/mol. The first kappa shape index (κ1) is 67.4. The molecule has 83 heavy (non-hydrogen) atoms. The van der Waals surface area contributed by atoms with E-state index in [1.54, 1.807) is 0 Å². The highest BCUT2D eigenvalue weighted by atomic mass is 16.8. The second-order valence-electron chi connectivity index (χ2n) is 21.2. The lowest BCUT2D eigenvalue weighted by molar-refractivity contribution is -0.395. The van der Waals surface area contributed by atoms with E-state index in [-0.39, 0.29) is 0 Å². The van der Waals surface area contributed by atoms with Crippen LogP contribution in [0.1, 0.15) is 0 Å². The van der Waals surface area contributed by atoms with Gasteiger partial charge in [-0.05, 0) is 0 Å². The quantitative estimate of drug-likeness (QED) is 0.0571. The molecule has 0 aliphatic carbocycles. The van der Waals surface area contributed by atoms with Crippen molar-refractivity contribution in [3.05, 3.63) is 0 Å². The second-order valence-corrected chi connectivity index (χ2v) is 21.2. The summed E-state index contributed by atoms with van der Waals surface area (Å²) in [6, 6.07) is 0. The third-order valence-corrected chi connectivity index (χ3v) is 15.4. The van der Waals surface area contributed by atoms with Crippen LogP contribution in [0.3, 0.4) is 0 Å². The van der Waals surface area contributed by atoms with E-state index in [1.165, 1.54) is 0 Å². The fourth-order valence-corrected chi connectivity index (χ4v) is 10.3. The average molecular weight is 1230 g/mol. The van der Waals surface area contributed by atoms with Gasteiger partial charge in [-0.25, -0.2) is 0 Å². The van der Waals surface area contributed by atoms with Crippen LogP contribution in [-0.4, -0.2) is 398 Å². The van der Waals surface area contributed by atoms with E-state index >= 15 is 0 Å². The van der Waals surface area contributed by atoms with Crippen molar-refractivity contribution in [1.29, 1.82) is 0 Å². The molecule has 8 fully saturated rings. The third-order valence-electron chi connectivity index (χ3n) is 15.4. The van der Waals surface area contributed by atoms with Gasteiger partial charge in [0.15, 0.2) is 50.3 Å². The molecule has 0 unspecified atom stereocenters. The van der Waals surface area contributed by atoms with E-state index in [1.807, 2.05) is 0 Å². The molecule has 0 aromatic rings. The van der Waals surface area contributed by atoms with E-state index in [2.05, 4.69) is 0 Å². The maximum absolute atomic E-state index is 11.9. The van der Waals surface area contributed by atoms with Gasteiger partial charge < -0.3 is 189 Å². The minimum absolute atomic E-state index is 0.496. The fourth-order valence-electron chi connectivity index (χ4n) is 10.3. The normalized spacial score (nSPS) is 53.9. The van der Waals surface area contributed by atoms with Gasteiger partial charge in [-0.2, -0.15) is 0 Å². The van der Waals surface area contributed by atoms with E-state index < -0.39 is 280 Å². The topological polar surface area (TPSA) is 604 Å². The predicted octanol–water partition coefficient (Wildman–Crippen LogP) is -16.5. The Morgan fingerprint density at radius 1 is 0.253 bits per heavy atom. The van der Waals surface area contributed by atoms with Crippen LogP contribution < -0.4 is 0 Å². The summed E-state index contributed by atoms with van der Waals surface area (Å²) in [5.74, 6) is 0. The van der Waals surface area contributed by atoms with E-state index in [0.717, 1.165) is 0 Å². The molecular weight excluding hydrogens is 1150 g/mol. The van der Waals surface area contributed by atoms with Gasteiger partial charge in [0.25, 0.3) is 0 Å². The molecule has 23 N–H and O–H groups in total. The average Bonchev–Trinajstić information content (AvgIpc) is 3.67. The highest BCUT2D eigenvalue weighted by Gasteiger charge is 2.57. The van der Waals surface area contributed by atoms with Crippen molar-refractivity contribution in [2.45, 2.75) is 227 Å². The van der Waals surface area contributed by atoms with E-state index in [0.29, 0.717) is 0 Å². The van der Waals surface area contributed by atoms with Crippen molar-refractivity contribution in [3.8, 4) is 0 Å². The number of hydrogen-bond acceptors (Lipinski definition) is 38. The zero-order valence-electron chi connectivity index (χ0n) is 43.4. The lowest BCUT2D eigenvalue weighted by Crippen LogP contribution is -2.68. The molecule has 0 amide bonds. The van der Waals surface area contributed by atoms with Crippen molar-refractivity contribution >= 4 is 0 Å². The van der Waals surface area contributed by atoms with Gasteiger partial charge in [0.1, 0.15) is 177 Å². The Hall–Kier alpha value is -1.52. The van der Waals surface area contributed by atoms with Gasteiger partial charge in [0, 0.05) is 0 Å². The van der Waals surface area contributed by atoms with Crippen LogP contribution in [0.15, 0.2) is 0 Å². The molecule has 8 saturated heterocycles. The summed E-state index contributed by atoms with van der Waals surface area (Å²) in [5, 5.41) is 246. The second kappa shape index (κ2) is 29.0. The highest BCUT2D eigenvalue weighted by Crippen LogP contribution is 2.37. The van der Waals surface area contributed by atoms with Crippen LogP contribution in [-0.2, 0) is 71.1 Å². The summed E-state index contributed by atoms with van der Waals surface area (Å²) in [4.78, 5) is 0. The van der Waals surface area contributed by atoms with Crippen LogP contribution >= 0.6 is 0 Å². The fraction of sp³-hybridized carbons (Fsp3) is 1.00. The van der Waals surface area contributed by atoms with Crippen molar-refractivity contribution in [1.82, 2.24) is 0 Å². The van der Waals surface area contributed by atoms with Crippen LogP contribution in [0.4, 0.5) is 0 Å². The molecule has 8 aliphatic heterocycles. The van der Waals surface area contributed by atoms with Crippen molar-refractivity contribution < 1.29 is 189 Å². The minimum Gasteiger partial charge on any atom is -0.394 e. The standard InChI is InChI=1S/C45H76O38/c46-1-12-20(54)22(56)30(64)41(76-12)83-37-19(53)11(50)5-71-45(37)74-8-16-36(25(59)32(66)43(79-16)80-34-13(2-47)75-38(68)27(61)24(34)58)82-44-33(67)26(60)35(15(78-44)7-73-40-29(63)18(52)10(49)4-70-40)81-42-31(65)23(57)21(55)14(77-42)6-72-39-28(62)17(51)9(48)3-69-39/h9-68H,1-8H2/t9-,10-,11-,12-,13-,14-,15-,16-,17+,18+,19+,20+,21-,22+,23+,24-,25-,26-,27-,28-,29-,30-,31-,32-,33-,34-,35-,36-,37-,38+,39-,40-,41+,42+,43+,44+,45-/m1/s1. The summed E-state index contributed by atoms with van der Waals surface area (Å²) >= 11 is 0. The van der Waals surface area contributed by atoms with Gasteiger partial charge in [0.2, 0.25) is 0 Å². The highest BCUT2D eigenvalue weighted by molar-refractivity contribution is 5.00. The molecule has 0 aromatic heterocycles. The zero-order chi connectivity index (χ0) is 60.6. The Kier molecular flexibility index (Phi) is 23.5. The van der Waals surface area contributed by atoms with Crippen LogP contribution in [0.2, 0.25) is 0 Å². The van der Waals surface area contributed by atoms with Gasteiger partial charge in [-0.1, -0.05) is 0 Å². The smallest absolute Gasteiger partial charge is 0.187 e. The molecule has 38 nitrogen and oxygen atoms in total. The molecule has 8 aliphatic rings. The third kappa shape index (κ3) is 14.6. The van der Waals surface area contributed by atoms with Crippen LogP contribution in [0.5, 0.6) is 0 Å². The minimum atomic E-state index is -2.38.